The number of ether oxygens (including phenoxy) is 2. The van der Waals surface area contributed by atoms with Gasteiger partial charge in [-0.1, -0.05) is 6.07 Å². The largest absolute Gasteiger partial charge is 0.376 e. The molecule has 0 aliphatic carbocycles. The minimum atomic E-state index is -0.681. The van der Waals surface area contributed by atoms with Gasteiger partial charge in [-0.05, 0) is 31.0 Å². The molecule has 0 bridgehead atoms. The number of aryl methyl sites for hydroxylation is 2. The lowest BCUT2D eigenvalue weighted by Gasteiger charge is -2.22. The Morgan fingerprint density at radius 3 is 2.71 bits per heavy atom. The van der Waals surface area contributed by atoms with Gasteiger partial charge in [0.2, 0.25) is 0 Å². The van der Waals surface area contributed by atoms with Gasteiger partial charge in [-0.2, -0.15) is 0 Å². The van der Waals surface area contributed by atoms with Gasteiger partial charge in [0.05, 0.1) is 25.4 Å². The van der Waals surface area contributed by atoms with Crippen molar-refractivity contribution in [2.45, 2.75) is 20.0 Å². The van der Waals surface area contributed by atoms with Crippen molar-refractivity contribution < 1.29 is 18.7 Å². The number of ketones is 1. The molecule has 0 saturated carbocycles. The number of rotatable bonds is 2. The molecule has 1 aliphatic rings. The normalized spacial score (nSPS) is 20.3. The molecular formula is C13H15FO3. The van der Waals surface area contributed by atoms with Crippen molar-refractivity contribution in [2.24, 2.45) is 0 Å². The highest BCUT2D eigenvalue weighted by Gasteiger charge is 2.27. The predicted molar refractivity (Wildman–Crippen MR) is 60.8 cm³/mol. The van der Waals surface area contributed by atoms with Gasteiger partial charge in [0, 0.05) is 0 Å². The van der Waals surface area contributed by atoms with Crippen LogP contribution in [-0.2, 0) is 9.47 Å². The molecule has 1 aromatic carbocycles. The molecule has 1 aromatic rings. The van der Waals surface area contributed by atoms with Crippen LogP contribution < -0.4 is 0 Å². The van der Waals surface area contributed by atoms with E-state index in [0.29, 0.717) is 18.8 Å². The Labute approximate surface area is 99.5 Å². The molecule has 1 fully saturated rings. The molecule has 4 heteroatoms. The van der Waals surface area contributed by atoms with E-state index in [0.717, 1.165) is 5.56 Å². The molecule has 0 N–H and O–H groups in total. The van der Waals surface area contributed by atoms with Gasteiger partial charge in [-0.15, -0.1) is 0 Å². The molecule has 2 rings (SSSR count). The average molecular weight is 238 g/mol. The van der Waals surface area contributed by atoms with Crippen LogP contribution in [0.25, 0.3) is 0 Å². The smallest absolute Gasteiger partial charge is 0.197 e. The zero-order valence-corrected chi connectivity index (χ0v) is 9.96. The quantitative estimate of drug-likeness (QED) is 0.740. The monoisotopic (exact) mass is 238 g/mol. The maximum absolute atomic E-state index is 13.8. The molecule has 1 aliphatic heterocycles. The molecule has 3 nitrogen and oxygen atoms in total. The maximum atomic E-state index is 13.8. The zero-order chi connectivity index (χ0) is 12.4. The van der Waals surface area contributed by atoms with Crippen LogP contribution in [-0.4, -0.2) is 31.7 Å². The van der Waals surface area contributed by atoms with E-state index in [9.17, 15) is 9.18 Å². The Morgan fingerprint density at radius 1 is 1.35 bits per heavy atom. The first-order valence-corrected chi connectivity index (χ1v) is 5.60. The van der Waals surface area contributed by atoms with Crippen LogP contribution in [0.3, 0.4) is 0 Å². The number of benzene rings is 1. The van der Waals surface area contributed by atoms with Gasteiger partial charge in [0.25, 0.3) is 0 Å². The fourth-order valence-electron chi connectivity index (χ4n) is 2.03. The zero-order valence-electron chi connectivity index (χ0n) is 9.96. The standard InChI is InChI=1S/C13H15FO3/c1-8-5-9(2)12(10(14)6-8)13(15)11-7-16-3-4-17-11/h5-6,11H,3-4,7H2,1-2H3. The van der Waals surface area contributed by atoms with Gasteiger partial charge in [0.15, 0.2) is 5.78 Å². The summed E-state index contributed by atoms with van der Waals surface area (Å²) in [7, 11) is 0. The van der Waals surface area contributed by atoms with Crippen molar-refractivity contribution in [2.75, 3.05) is 19.8 Å². The van der Waals surface area contributed by atoms with E-state index in [2.05, 4.69) is 0 Å². The Balaban J connectivity index is 2.30. The van der Waals surface area contributed by atoms with Crippen molar-refractivity contribution in [3.8, 4) is 0 Å². The molecule has 0 aromatic heterocycles. The molecular weight excluding hydrogens is 223 g/mol. The summed E-state index contributed by atoms with van der Waals surface area (Å²) in [6.07, 6.45) is -0.681. The predicted octanol–water partition coefficient (Wildman–Crippen LogP) is 2.04. The minimum absolute atomic E-state index is 0.117. The number of hydrogen-bond donors (Lipinski definition) is 0. The second kappa shape index (κ2) is 4.94. The molecule has 92 valence electrons. The van der Waals surface area contributed by atoms with Gasteiger partial charge < -0.3 is 9.47 Å². The van der Waals surface area contributed by atoms with Crippen molar-refractivity contribution in [3.63, 3.8) is 0 Å². The SMILES string of the molecule is Cc1cc(C)c(C(=O)C2COCCO2)c(F)c1. The highest BCUT2D eigenvalue weighted by molar-refractivity contribution is 6.01. The van der Waals surface area contributed by atoms with Gasteiger partial charge in [-0.3, -0.25) is 4.79 Å². The second-order valence-corrected chi connectivity index (χ2v) is 4.24. The number of carbonyl (C=O) groups excluding carboxylic acids is 1. The Morgan fingerprint density at radius 2 is 2.12 bits per heavy atom. The lowest BCUT2D eigenvalue weighted by molar-refractivity contribution is -0.0720. The molecule has 17 heavy (non-hydrogen) atoms. The van der Waals surface area contributed by atoms with E-state index in [4.69, 9.17) is 9.47 Å². The van der Waals surface area contributed by atoms with E-state index >= 15 is 0 Å². The van der Waals surface area contributed by atoms with Gasteiger partial charge in [-0.25, -0.2) is 4.39 Å². The van der Waals surface area contributed by atoms with Gasteiger partial charge in [0.1, 0.15) is 11.9 Å². The summed E-state index contributed by atoms with van der Waals surface area (Å²) in [5, 5.41) is 0. The summed E-state index contributed by atoms with van der Waals surface area (Å²) in [6, 6.07) is 3.16. The van der Waals surface area contributed by atoms with Crippen LogP contribution >= 0.6 is 0 Å². The van der Waals surface area contributed by atoms with Crippen LogP contribution in [0.4, 0.5) is 4.39 Å². The second-order valence-electron chi connectivity index (χ2n) is 4.24. The van der Waals surface area contributed by atoms with Crippen LogP contribution in [0.2, 0.25) is 0 Å². The highest BCUT2D eigenvalue weighted by Crippen LogP contribution is 2.19. The Hall–Kier alpha value is -1.26. The topological polar surface area (TPSA) is 35.5 Å². The van der Waals surface area contributed by atoms with E-state index in [1.165, 1.54) is 6.07 Å². The molecule has 1 saturated heterocycles. The number of carbonyl (C=O) groups is 1. The van der Waals surface area contributed by atoms with E-state index in [-0.39, 0.29) is 18.0 Å². The summed E-state index contributed by atoms with van der Waals surface area (Å²) in [4.78, 5) is 12.1. The summed E-state index contributed by atoms with van der Waals surface area (Å²) in [6.45, 7) is 4.59. The first-order chi connectivity index (χ1) is 8.09. The molecule has 1 unspecified atom stereocenters. The Kier molecular flexibility index (Phi) is 3.54. The molecule has 0 amide bonds. The van der Waals surface area contributed by atoms with Crippen molar-refractivity contribution in [1.29, 1.82) is 0 Å². The summed E-state index contributed by atoms with van der Waals surface area (Å²) in [5.74, 6) is -0.818. The number of Topliss-reactive ketones (excluding diaryl/α,β-unsaturated/α-hetero) is 1. The van der Waals surface area contributed by atoms with Crippen LogP contribution in [0.15, 0.2) is 12.1 Å². The lowest BCUT2D eigenvalue weighted by Crippen LogP contribution is -2.36. The van der Waals surface area contributed by atoms with E-state index in [1.54, 1.807) is 19.9 Å². The average Bonchev–Trinajstić information content (AvgIpc) is 2.28. The molecule has 1 atom stereocenters. The van der Waals surface area contributed by atoms with Crippen LogP contribution in [0, 0.1) is 19.7 Å². The van der Waals surface area contributed by atoms with Crippen molar-refractivity contribution >= 4 is 5.78 Å². The number of hydrogen-bond acceptors (Lipinski definition) is 3. The first kappa shape index (κ1) is 12.2. The van der Waals surface area contributed by atoms with E-state index in [1.807, 2.05) is 0 Å². The fraction of sp³-hybridized carbons (Fsp3) is 0.462. The third-order valence-corrected chi connectivity index (χ3v) is 2.79. The highest BCUT2D eigenvalue weighted by atomic mass is 19.1. The van der Waals surface area contributed by atoms with Crippen molar-refractivity contribution in [3.05, 3.63) is 34.6 Å². The molecule has 0 spiro atoms. The summed E-state index contributed by atoms with van der Waals surface area (Å²) >= 11 is 0. The summed E-state index contributed by atoms with van der Waals surface area (Å²) in [5.41, 5.74) is 1.56. The third kappa shape index (κ3) is 2.53. The summed E-state index contributed by atoms with van der Waals surface area (Å²) < 4.78 is 24.3. The number of halogens is 1. The van der Waals surface area contributed by atoms with Crippen LogP contribution in [0.1, 0.15) is 21.5 Å². The first-order valence-electron chi connectivity index (χ1n) is 5.60. The van der Waals surface area contributed by atoms with Crippen molar-refractivity contribution in [1.82, 2.24) is 0 Å². The van der Waals surface area contributed by atoms with Gasteiger partial charge >= 0.3 is 0 Å². The lowest BCUT2D eigenvalue weighted by atomic mass is 9.98. The molecule has 0 radical (unpaired) electrons. The molecule has 1 heterocycles. The van der Waals surface area contributed by atoms with E-state index < -0.39 is 11.9 Å². The minimum Gasteiger partial charge on any atom is -0.376 e. The Bertz CT molecular complexity index is 413. The van der Waals surface area contributed by atoms with Crippen LogP contribution in [0.5, 0.6) is 0 Å². The maximum Gasteiger partial charge on any atom is 0.197 e. The third-order valence-electron chi connectivity index (χ3n) is 2.79. The fourth-order valence-corrected chi connectivity index (χ4v) is 2.03.